The molecule has 3 rings (SSSR count). The summed E-state index contributed by atoms with van der Waals surface area (Å²) in [5.74, 6) is 0.410. The maximum absolute atomic E-state index is 11.7. The highest BCUT2D eigenvalue weighted by atomic mass is 32.1. The molecule has 0 aliphatic rings. The number of fused-ring (bicyclic) bond motifs is 3. The lowest BCUT2D eigenvalue weighted by atomic mass is 10.1. The van der Waals surface area contributed by atoms with Crippen LogP contribution in [0.4, 0.5) is 0 Å². The maximum atomic E-state index is 11.7. The Labute approximate surface area is 130 Å². The molecule has 21 heavy (non-hydrogen) atoms. The second-order valence-corrected chi connectivity index (χ2v) is 5.86. The van der Waals surface area contributed by atoms with Crippen LogP contribution in [0.1, 0.15) is 15.4 Å². The number of pyridine rings is 1. The number of aryl methyl sites for hydroxylation is 1. The molecule has 6 heteroatoms. The third-order valence-electron chi connectivity index (χ3n) is 3.14. The molecule has 104 valence electrons. The van der Waals surface area contributed by atoms with E-state index in [9.17, 15) is 4.79 Å². The molecule has 0 radical (unpaired) electrons. The molecular weight excluding hydrogens is 304 g/mol. The van der Waals surface area contributed by atoms with Crippen LogP contribution in [0.3, 0.4) is 0 Å². The molecule has 0 atom stereocenters. The van der Waals surface area contributed by atoms with Crippen LogP contribution < -0.4 is 4.74 Å². The molecule has 0 N–H and O–H groups in total. The zero-order valence-corrected chi connectivity index (χ0v) is 12.8. The lowest BCUT2D eigenvalue weighted by Crippen LogP contribution is -1.98. The van der Waals surface area contributed by atoms with Crippen molar-refractivity contribution in [2.75, 3.05) is 6.61 Å². The maximum Gasteiger partial charge on any atom is 0.230 e. The van der Waals surface area contributed by atoms with Gasteiger partial charge in [0.1, 0.15) is 10.9 Å². The monoisotopic (exact) mass is 314 g/mol. The summed E-state index contributed by atoms with van der Waals surface area (Å²) in [5, 5.41) is 10.1. The summed E-state index contributed by atoms with van der Waals surface area (Å²) in [5.41, 5.74) is 1.64. The number of hydrogen-bond donors (Lipinski definition) is 1. The van der Waals surface area contributed by atoms with Crippen molar-refractivity contribution in [3.63, 3.8) is 0 Å². The lowest BCUT2D eigenvalue weighted by Gasteiger charge is -2.05. The fraction of sp³-hybridized carbons (Fsp3) is 0.133. The highest BCUT2D eigenvalue weighted by Crippen LogP contribution is 2.43. The molecule has 0 bridgehead atoms. The summed E-state index contributed by atoms with van der Waals surface area (Å²) in [6.07, 6.45) is 0. The van der Waals surface area contributed by atoms with Gasteiger partial charge in [0.25, 0.3) is 0 Å². The van der Waals surface area contributed by atoms with E-state index in [1.807, 2.05) is 37.3 Å². The number of thiophene rings is 1. The Kier molecular flexibility index (Phi) is 3.53. The molecule has 1 aromatic carbocycles. The van der Waals surface area contributed by atoms with Crippen molar-refractivity contribution in [2.45, 2.75) is 6.92 Å². The molecule has 0 amide bonds. The number of aromatic nitrogens is 1. The van der Waals surface area contributed by atoms with Gasteiger partial charge in [-0.25, -0.2) is 0 Å². The molecule has 3 aromatic rings. The second kappa shape index (κ2) is 5.35. The van der Waals surface area contributed by atoms with Crippen molar-refractivity contribution < 1.29 is 9.53 Å². The minimum absolute atomic E-state index is 0.119. The van der Waals surface area contributed by atoms with Crippen molar-refractivity contribution in [3.05, 3.63) is 34.8 Å². The van der Waals surface area contributed by atoms with Crippen molar-refractivity contribution in [2.24, 2.45) is 0 Å². The molecule has 0 saturated heterocycles. The lowest BCUT2D eigenvalue weighted by molar-refractivity contribution is 0.109. The average molecular weight is 314 g/mol. The van der Waals surface area contributed by atoms with Crippen LogP contribution in [-0.2, 0) is 0 Å². The largest absolute Gasteiger partial charge is 0.476 e. The third-order valence-corrected chi connectivity index (χ3v) is 4.72. The van der Waals surface area contributed by atoms with E-state index in [1.54, 1.807) is 0 Å². The van der Waals surface area contributed by atoms with Gasteiger partial charge >= 0.3 is 0 Å². The van der Waals surface area contributed by atoms with Gasteiger partial charge in [-0.15, -0.1) is 11.3 Å². The molecule has 0 unspecified atom stereocenters. The standard InChI is InChI=1S/C15H10N2O2S2/c1-8-11-12(19-7-6-16)14(15(18)20)21-13(11)9-4-2-3-5-10(9)17-8/h2-5H,7H2,1H3,(H,18,20). The first-order valence-corrected chi connectivity index (χ1v) is 7.44. The number of ether oxygens (including phenoxy) is 1. The Morgan fingerprint density at radius 3 is 2.95 bits per heavy atom. The summed E-state index contributed by atoms with van der Waals surface area (Å²) >= 11 is 5.23. The van der Waals surface area contributed by atoms with Crippen molar-refractivity contribution in [1.82, 2.24) is 4.98 Å². The Balaban J connectivity index is 2.43. The quantitative estimate of drug-likeness (QED) is 0.748. The van der Waals surface area contributed by atoms with Crippen LogP contribution in [-0.4, -0.2) is 16.7 Å². The van der Waals surface area contributed by atoms with Crippen LogP contribution in [0, 0.1) is 18.3 Å². The molecule has 0 spiro atoms. The Morgan fingerprint density at radius 2 is 2.24 bits per heavy atom. The highest BCUT2D eigenvalue weighted by molar-refractivity contribution is 7.97. The number of thiol groups is 1. The average Bonchev–Trinajstić information content (AvgIpc) is 2.86. The Morgan fingerprint density at radius 1 is 1.48 bits per heavy atom. The number of carbonyl (C=O) groups is 1. The fourth-order valence-electron chi connectivity index (χ4n) is 2.32. The summed E-state index contributed by atoms with van der Waals surface area (Å²) in [4.78, 5) is 16.7. The minimum atomic E-state index is -0.368. The first-order valence-electron chi connectivity index (χ1n) is 6.18. The number of rotatable bonds is 3. The molecule has 2 heterocycles. The number of carbonyl (C=O) groups excluding carboxylic acids is 1. The SMILES string of the molecule is Cc1nc2ccccc2c2sc(C(=O)S)c(OCC#N)c12. The predicted molar refractivity (Wildman–Crippen MR) is 86.3 cm³/mol. The van der Waals surface area contributed by atoms with Gasteiger partial charge in [-0.1, -0.05) is 30.8 Å². The molecular formula is C15H10N2O2S2. The van der Waals surface area contributed by atoms with E-state index in [2.05, 4.69) is 17.6 Å². The molecule has 0 saturated carbocycles. The van der Waals surface area contributed by atoms with Gasteiger partial charge in [-0.05, 0) is 13.0 Å². The fourth-order valence-corrected chi connectivity index (χ4v) is 3.73. The number of benzene rings is 1. The Hall–Kier alpha value is -2.10. The van der Waals surface area contributed by atoms with Gasteiger partial charge in [-0.3, -0.25) is 9.78 Å². The molecule has 0 aliphatic carbocycles. The number of nitrogens with zero attached hydrogens (tertiary/aromatic N) is 2. The van der Waals surface area contributed by atoms with Crippen LogP contribution in [0.5, 0.6) is 5.75 Å². The van der Waals surface area contributed by atoms with Crippen LogP contribution in [0.2, 0.25) is 0 Å². The van der Waals surface area contributed by atoms with Gasteiger partial charge in [0.2, 0.25) is 5.12 Å². The van der Waals surface area contributed by atoms with E-state index < -0.39 is 0 Å². The van der Waals surface area contributed by atoms with E-state index >= 15 is 0 Å². The van der Waals surface area contributed by atoms with Crippen molar-refractivity contribution >= 4 is 50.1 Å². The van der Waals surface area contributed by atoms with E-state index in [0.29, 0.717) is 10.6 Å². The Bertz CT molecular complexity index is 909. The van der Waals surface area contributed by atoms with E-state index in [1.165, 1.54) is 11.3 Å². The second-order valence-electron chi connectivity index (χ2n) is 4.43. The zero-order valence-electron chi connectivity index (χ0n) is 11.1. The van der Waals surface area contributed by atoms with E-state index in [-0.39, 0.29) is 11.7 Å². The predicted octanol–water partition coefficient (Wildman–Crippen LogP) is 3.73. The van der Waals surface area contributed by atoms with Gasteiger partial charge in [0.15, 0.2) is 12.4 Å². The smallest absolute Gasteiger partial charge is 0.230 e. The van der Waals surface area contributed by atoms with Crippen molar-refractivity contribution in [3.8, 4) is 11.8 Å². The number of hydrogen-bond acceptors (Lipinski definition) is 5. The summed E-state index contributed by atoms with van der Waals surface area (Å²) in [7, 11) is 0. The van der Waals surface area contributed by atoms with Crippen LogP contribution in [0.15, 0.2) is 24.3 Å². The molecule has 0 aliphatic heterocycles. The van der Waals surface area contributed by atoms with Gasteiger partial charge in [-0.2, -0.15) is 5.26 Å². The third kappa shape index (κ3) is 2.24. The van der Waals surface area contributed by atoms with E-state index in [4.69, 9.17) is 10.00 Å². The van der Waals surface area contributed by atoms with Crippen LogP contribution in [0.25, 0.3) is 21.0 Å². The molecule has 4 nitrogen and oxygen atoms in total. The highest BCUT2D eigenvalue weighted by Gasteiger charge is 2.21. The summed E-state index contributed by atoms with van der Waals surface area (Å²) < 4.78 is 6.40. The first-order chi connectivity index (χ1) is 10.1. The first kappa shape index (κ1) is 13.9. The topological polar surface area (TPSA) is 63.0 Å². The zero-order chi connectivity index (χ0) is 15.0. The van der Waals surface area contributed by atoms with Gasteiger partial charge in [0.05, 0.1) is 21.3 Å². The number of para-hydroxylation sites is 1. The van der Waals surface area contributed by atoms with Crippen molar-refractivity contribution in [1.29, 1.82) is 5.26 Å². The number of nitriles is 1. The summed E-state index contributed by atoms with van der Waals surface area (Å²) in [6.45, 7) is 1.75. The normalized spacial score (nSPS) is 10.7. The van der Waals surface area contributed by atoms with Gasteiger partial charge < -0.3 is 4.74 Å². The van der Waals surface area contributed by atoms with Crippen LogP contribution >= 0.6 is 24.0 Å². The molecule has 0 fully saturated rings. The summed E-state index contributed by atoms with van der Waals surface area (Å²) in [6, 6.07) is 9.66. The minimum Gasteiger partial charge on any atom is -0.476 e. The van der Waals surface area contributed by atoms with Gasteiger partial charge in [0, 0.05) is 5.39 Å². The molecule has 2 aromatic heterocycles. The van der Waals surface area contributed by atoms with E-state index in [0.717, 1.165) is 26.7 Å².